The molecule has 1 aliphatic heterocycles. The molecule has 158 valence electrons. The molecule has 0 atom stereocenters. The van der Waals surface area contributed by atoms with Gasteiger partial charge in [0.15, 0.2) is 5.11 Å². The number of anilines is 2. The van der Waals surface area contributed by atoms with Gasteiger partial charge in [0.1, 0.15) is 5.82 Å². The molecule has 6 nitrogen and oxygen atoms in total. The van der Waals surface area contributed by atoms with Crippen LogP contribution in [0.4, 0.5) is 15.8 Å². The summed E-state index contributed by atoms with van der Waals surface area (Å²) in [6.07, 6.45) is 1.20. The maximum absolute atomic E-state index is 13.9. The third-order valence-electron chi connectivity index (χ3n) is 4.89. The first-order valence-corrected chi connectivity index (χ1v) is 10.4. The number of rotatable bonds is 5. The Morgan fingerprint density at radius 3 is 2.33 bits per heavy atom. The van der Waals surface area contributed by atoms with Gasteiger partial charge in [-0.2, -0.15) is 0 Å². The smallest absolute Gasteiger partial charge is 0.256 e. The van der Waals surface area contributed by atoms with Crippen molar-refractivity contribution in [3.8, 4) is 0 Å². The van der Waals surface area contributed by atoms with Crippen molar-refractivity contribution in [2.45, 2.75) is 19.8 Å². The van der Waals surface area contributed by atoms with Crippen molar-refractivity contribution in [2.24, 2.45) is 0 Å². The number of hydrogen-bond donors (Lipinski definition) is 2. The lowest BCUT2D eigenvalue weighted by atomic mass is 10.1. The highest BCUT2D eigenvalue weighted by atomic mass is 32.1. The number of hydrogen-bond acceptors (Lipinski definition) is 4. The molecule has 1 saturated heterocycles. The quantitative estimate of drug-likeness (QED) is 0.715. The Morgan fingerprint density at radius 2 is 1.70 bits per heavy atom. The highest BCUT2D eigenvalue weighted by Gasteiger charge is 2.24. The van der Waals surface area contributed by atoms with E-state index in [4.69, 9.17) is 12.2 Å². The fourth-order valence-electron chi connectivity index (χ4n) is 3.31. The summed E-state index contributed by atoms with van der Waals surface area (Å²) in [6.45, 7) is 4.32. The number of piperazine rings is 1. The Balaban J connectivity index is 1.52. The summed E-state index contributed by atoms with van der Waals surface area (Å²) >= 11 is 5.15. The van der Waals surface area contributed by atoms with Crippen molar-refractivity contribution in [1.82, 2.24) is 10.2 Å². The van der Waals surface area contributed by atoms with Crippen LogP contribution in [0.1, 0.15) is 30.1 Å². The average Bonchev–Trinajstić information content (AvgIpc) is 2.74. The lowest BCUT2D eigenvalue weighted by Crippen LogP contribution is -2.49. The largest absolute Gasteiger partial charge is 0.368 e. The van der Waals surface area contributed by atoms with Crippen LogP contribution in [0.2, 0.25) is 0 Å². The molecule has 1 aliphatic rings. The van der Waals surface area contributed by atoms with Gasteiger partial charge in [0.25, 0.3) is 5.91 Å². The van der Waals surface area contributed by atoms with Crippen LogP contribution in [0, 0.1) is 5.82 Å². The number of carbonyl (C=O) groups excluding carboxylic acids is 2. The maximum atomic E-state index is 13.9. The van der Waals surface area contributed by atoms with Crippen LogP contribution < -0.4 is 15.5 Å². The number of nitrogens with zero attached hydrogens (tertiary/aromatic N) is 2. The van der Waals surface area contributed by atoms with E-state index in [1.807, 2.05) is 31.2 Å². The Hall–Kier alpha value is -3.00. The van der Waals surface area contributed by atoms with Gasteiger partial charge in [-0.1, -0.05) is 19.1 Å². The molecule has 0 aromatic heterocycles. The van der Waals surface area contributed by atoms with E-state index in [2.05, 4.69) is 15.5 Å². The van der Waals surface area contributed by atoms with Crippen molar-refractivity contribution in [2.75, 3.05) is 36.4 Å². The van der Waals surface area contributed by atoms with Gasteiger partial charge in [-0.25, -0.2) is 4.39 Å². The minimum Gasteiger partial charge on any atom is -0.368 e. The third kappa shape index (κ3) is 5.54. The lowest BCUT2D eigenvalue weighted by Gasteiger charge is -2.36. The van der Waals surface area contributed by atoms with Crippen molar-refractivity contribution in [1.29, 1.82) is 0 Å². The molecule has 2 amide bonds. The van der Waals surface area contributed by atoms with Crippen LogP contribution in [0.25, 0.3) is 0 Å². The number of halogens is 1. The Morgan fingerprint density at radius 1 is 1.03 bits per heavy atom. The predicted octanol–water partition coefficient (Wildman–Crippen LogP) is 3.40. The second kappa shape index (κ2) is 10.2. The highest BCUT2D eigenvalue weighted by Crippen LogP contribution is 2.20. The summed E-state index contributed by atoms with van der Waals surface area (Å²) < 4.78 is 13.9. The number of thiocarbonyl (C=S) groups is 1. The zero-order valence-electron chi connectivity index (χ0n) is 16.9. The van der Waals surface area contributed by atoms with Gasteiger partial charge in [0, 0.05) is 44.0 Å². The molecule has 3 rings (SSSR count). The molecule has 8 heteroatoms. The van der Waals surface area contributed by atoms with Gasteiger partial charge in [0.2, 0.25) is 5.91 Å². The first-order chi connectivity index (χ1) is 14.5. The molecule has 1 fully saturated rings. The summed E-state index contributed by atoms with van der Waals surface area (Å²) in [7, 11) is 0. The van der Waals surface area contributed by atoms with E-state index < -0.39 is 5.82 Å². The normalized spacial score (nSPS) is 13.7. The van der Waals surface area contributed by atoms with Gasteiger partial charge >= 0.3 is 0 Å². The summed E-state index contributed by atoms with van der Waals surface area (Å²) in [5, 5.41) is 5.93. The molecular formula is C22H25FN4O2S. The predicted molar refractivity (Wildman–Crippen MR) is 120 cm³/mol. The van der Waals surface area contributed by atoms with E-state index >= 15 is 0 Å². The number of carbonyl (C=O) groups is 2. The highest BCUT2D eigenvalue weighted by molar-refractivity contribution is 7.80. The second-order valence-electron chi connectivity index (χ2n) is 7.06. The maximum Gasteiger partial charge on any atom is 0.256 e. The van der Waals surface area contributed by atoms with E-state index in [1.54, 1.807) is 17.0 Å². The van der Waals surface area contributed by atoms with Crippen LogP contribution >= 0.6 is 12.2 Å². The van der Waals surface area contributed by atoms with Gasteiger partial charge in [-0.15, -0.1) is 0 Å². The first kappa shape index (κ1) is 21.7. The van der Waals surface area contributed by atoms with Crippen LogP contribution in [-0.2, 0) is 4.79 Å². The van der Waals surface area contributed by atoms with Crippen LogP contribution in [-0.4, -0.2) is 48.0 Å². The minimum atomic E-state index is -0.489. The summed E-state index contributed by atoms with van der Waals surface area (Å²) in [4.78, 5) is 28.0. The minimum absolute atomic E-state index is 0.102. The SMILES string of the molecule is CCCC(=O)NC(=S)Nc1ccc(N2CCN(C(=O)c3ccccc3F)CC2)cc1. The zero-order chi connectivity index (χ0) is 21.5. The number of benzene rings is 2. The van der Waals surface area contributed by atoms with E-state index in [0.29, 0.717) is 32.6 Å². The van der Waals surface area contributed by atoms with E-state index in [1.165, 1.54) is 12.1 Å². The third-order valence-corrected chi connectivity index (χ3v) is 5.10. The van der Waals surface area contributed by atoms with Gasteiger partial charge < -0.3 is 20.4 Å². The molecule has 0 unspecified atom stereocenters. The van der Waals surface area contributed by atoms with Gasteiger partial charge in [0.05, 0.1) is 5.56 Å². The van der Waals surface area contributed by atoms with Crippen molar-refractivity contribution >= 4 is 40.5 Å². The van der Waals surface area contributed by atoms with Gasteiger partial charge in [-0.3, -0.25) is 9.59 Å². The fraction of sp³-hybridized carbons (Fsp3) is 0.318. The molecule has 0 radical (unpaired) electrons. The van der Waals surface area contributed by atoms with E-state index in [9.17, 15) is 14.0 Å². The van der Waals surface area contributed by atoms with Crippen molar-refractivity contribution < 1.29 is 14.0 Å². The molecule has 2 N–H and O–H groups in total. The Kier molecular flexibility index (Phi) is 7.35. The monoisotopic (exact) mass is 428 g/mol. The van der Waals surface area contributed by atoms with Crippen LogP contribution in [0.5, 0.6) is 0 Å². The molecule has 0 saturated carbocycles. The van der Waals surface area contributed by atoms with Crippen LogP contribution in [0.3, 0.4) is 0 Å². The first-order valence-electron chi connectivity index (χ1n) is 9.97. The lowest BCUT2D eigenvalue weighted by molar-refractivity contribution is -0.119. The average molecular weight is 429 g/mol. The Labute approximate surface area is 181 Å². The molecule has 0 aliphatic carbocycles. The Bertz CT molecular complexity index is 912. The summed E-state index contributed by atoms with van der Waals surface area (Å²) in [6, 6.07) is 13.8. The summed E-state index contributed by atoms with van der Waals surface area (Å²) in [5.41, 5.74) is 1.93. The number of nitrogens with one attached hydrogen (secondary N) is 2. The standard InChI is InChI=1S/C22H25FN4O2S/c1-2-5-20(28)25-22(30)24-16-8-10-17(11-9-16)26-12-14-27(15-13-26)21(29)18-6-3-4-7-19(18)23/h3-4,6-11H,2,5,12-15H2,1H3,(H2,24,25,28,30). The van der Waals surface area contributed by atoms with E-state index in [-0.39, 0.29) is 22.5 Å². The van der Waals surface area contributed by atoms with Gasteiger partial charge in [-0.05, 0) is 55.0 Å². The molecule has 1 heterocycles. The molecule has 2 aromatic carbocycles. The number of amides is 2. The molecule has 2 aromatic rings. The molecular weight excluding hydrogens is 403 g/mol. The van der Waals surface area contributed by atoms with E-state index in [0.717, 1.165) is 17.8 Å². The second-order valence-corrected chi connectivity index (χ2v) is 7.47. The molecule has 0 bridgehead atoms. The van der Waals surface area contributed by atoms with Crippen molar-refractivity contribution in [3.63, 3.8) is 0 Å². The molecule has 30 heavy (non-hydrogen) atoms. The summed E-state index contributed by atoms with van der Waals surface area (Å²) in [5.74, 6) is -0.864. The van der Waals surface area contributed by atoms with Crippen LogP contribution in [0.15, 0.2) is 48.5 Å². The topological polar surface area (TPSA) is 64.7 Å². The van der Waals surface area contributed by atoms with Crippen molar-refractivity contribution in [3.05, 3.63) is 59.9 Å². The fourth-order valence-corrected chi connectivity index (χ4v) is 3.54. The zero-order valence-corrected chi connectivity index (χ0v) is 17.7. The molecule has 0 spiro atoms.